The van der Waals surface area contributed by atoms with Crippen LogP contribution in [0.2, 0.25) is 0 Å². The number of sulfonamides is 1. The van der Waals surface area contributed by atoms with Gasteiger partial charge in [0.15, 0.2) is 0 Å². The van der Waals surface area contributed by atoms with Gasteiger partial charge in [0.1, 0.15) is 4.21 Å². The number of hydrogen-bond donors (Lipinski definition) is 2. The highest BCUT2D eigenvalue weighted by Gasteiger charge is 2.33. The molecule has 0 aliphatic carbocycles. The summed E-state index contributed by atoms with van der Waals surface area (Å²) in [5.74, 6) is -0.532. The molecule has 0 radical (unpaired) electrons. The van der Waals surface area contributed by atoms with Gasteiger partial charge < -0.3 is 10.4 Å². The van der Waals surface area contributed by atoms with Gasteiger partial charge in [-0.25, -0.2) is 8.42 Å². The second kappa shape index (κ2) is 6.66. The number of aliphatic hydroxyl groups excluding tert-OH is 1. The van der Waals surface area contributed by atoms with Crippen molar-refractivity contribution in [2.45, 2.75) is 17.1 Å². The van der Waals surface area contributed by atoms with Crippen LogP contribution in [0.4, 0.5) is 0 Å². The summed E-state index contributed by atoms with van der Waals surface area (Å²) in [5, 5.41) is 13.0. The maximum atomic E-state index is 12.4. The Morgan fingerprint density at radius 2 is 2.35 bits per heavy atom. The molecule has 112 valence electrons. The van der Waals surface area contributed by atoms with Crippen LogP contribution in [0.1, 0.15) is 12.8 Å². The molecule has 1 amide bonds. The topological polar surface area (TPSA) is 86.7 Å². The molecule has 20 heavy (non-hydrogen) atoms. The quantitative estimate of drug-likeness (QED) is 0.815. The third kappa shape index (κ3) is 3.38. The molecular weight excluding hydrogens is 300 g/mol. The third-order valence-electron chi connectivity index (χ3n) is 3.26. The van der Waals surface area contributed by atoms with E-state index < -0.39 is 10.0 Å². The largest absolute Gasteiger partial charge is 0.395 e. The fourth-order valence-electron chi connectivity index (χ4n) is 2.24. The van der Waals surface area contributed by atoms with Crippen LogP contribution in [-0.2, 0) is 14.8 Å². The molecule has 0 saturated carbocycles. The van der Waals surface area contributed by atoms with Crippen molar-refractivity contribution in [2.24, 2.45) is 5.92 Å². The zero-order valence-corrected chi connectivity index (χ0v) is 12.6. The number of nitrogens with zero attached hydrogens (tertiary/aromatic N) is 1. The molecule has 2 N–H and O–H groups in total. The Bertz CT molecular complexity index is 542. The first kappa shape index (κ1) is 15.4. The molecule has 1 fully saturated rings. The van der Waals surface area contributed by atoms with Crippen LogP contribution in [0.3, 0.4) is 0 Å². The molecule has 1 aromatic rings. The minimum Gasteiger partial charge on any atom is -0.395 e. The van der Waals surface area contributed by atoms with Crippen LogP contribution in [0, 0.1) is 5.92 Å². The Labute approximate surface area is 122 Å². The van der Waals surface area contributed by atoms with Gasteiger partial charge in [-0.1, -0.05) is 6.07 Å². The third-order valence-corrected chi connectivity index (χ3v) is 6.49. The van der Waals surface area contributed by atoms with Gasteiger partial charge in [-0.15, -0.1) is 11.3 Å². The molecule has 2 heterocycles. The Hall–Kier alpha value is -0.960. The van der Waals surface area contributed by atoms with Crippen molar-refractivity contribution in [3.63, 3.8) is 0 Å². The smallest absolute Gasteiger partial charge is 0.252 e. The Morgan fingerprint density at radius 3 is 3.00 bits per heavy atom. The number of piperidine rings is 1. The van der Waals surface area contributed by atoms with E-state index >= 15 is 0 Å². The van der Waals surface area contributed by atoms with E-state index in [2.05, 4.69) is 5.32 Å². The SMILES string of the molecule is O=C(NCCO)C1CCCN(S(=O)(=O)c2cccs2)C1. The summed E-state index contributed by atoms with van der Waals surface area (Å²) >= 11 is 1.18. The van der Waals surface area contributed by atoms with Gasteiger partial charge >= 0.3 is 0 Å². The second-order valence-corrected chi connectivity index (χ2v) is 7.76. The highest BCUT2D eigenvalue weighted by atomic mass is 32.2. The average molecular weight is 318 g/mol. The number of rotatable bonds is 5. The van der Waals surface area contributed by atoms with Crippen LogP contribution < -0.4 is 5.32 Å². The minimum atomic E-state index is -3.48. The monoisotopic (exact) mass is 318 g/mol. The molecule has 0 spiro atoms. The van der Waals surface area contributed by atoms with Crippen molar-refractivity contribution in [3.05, 3.63) is 17.5 Å². The molecule has 8 heteroatoms. The summed E-state index contributed by atoms with van der Waals surface area (Å²) in [5.41, 5.74) is 0. The van der Waals surface area contributed by atoms with Crippen molar-refractivity contribution in [1.29, 1.82) is 0 Å². The number of carbonyl (C=O) groups excluding carboxylic acids is 1. The van der Waals surface area contributed by atoms with E-state index in [-0.39, 0.29) is 31.5 Å². The number of amides is 1. The van der Waals surface area contributed by atoms with E-state index in [9.17, 15) is 13.2 Å². The summed E-state index contributed by atoms with van der Waals surface area (Å²) in [4.78, 5) is 11.9. The zero-order valence-electron chi connectivity index (χ0n) is 11.0. The minimum absolute atomic E-state index is 0.115. The molecule has 2 rings (SSSR count). The van der Waals surface area contributed by atoms with Gasteiger partial charge in [-0.2, -0.15) is 4.31 Å². The molecule has 1 aromatic heterocycles. The number of nitrogens with one attached hydrogen (secondary N) is 1. The molecule has 0 bridgehead atoms. The van der Waals surface area contributed by atoms with Crippen molar-refractivity contribution in [1.82, 2.24) is 9.62 Å². The highest BCUT2D eigenvalue weighted by molar-refractivity contribution is 7.91. The fraction of sp³-hybridized carbons (Fsp3) is 0.583. The molecule has 1 unspecified atom stereocenters. The van der Waals surface area contributed by atoms with E-state index in [1.54, 1.807) is 17.5 Å². The first-order chi connectivity index (χ1) is 9.55. The van der Waals surface area contributed by atoms with Crippen molar-refractivity contribution >= 4 is 27.3 Å². The van der Waals surface area contributed by atoms with E-state index in [4.69, 9.17) is 5.11 Å². The number of carbonyl (C=O) groups is 1. The van der Waals surface area contributed by atoms with Gasteiger partial charge in [0, 0.05) is 19.6 Å². The zero-order chi connectivity index (χ0) is 14.6. The lowest BCUT2D eigenvalue weighted by atomic mass is 9.99. The molecule has 1 aliphatic heterocycles. The van der Waals surface area contributed by atoms with E-state index in [0.29, 0.717) is 23.6 Å². The van der Waals surface area contributed by atoms with Crippen LogP contribution in [0.25, 0.3) is 0 Å². The molecule has 6 nitrogen and oxygen atoms in total. The fourth-order valence-corrected chi connectivity index (χ4v) is 4.90. The second-order valence-electron chi connectivity index (χ2n) is 4.65. The Balaban J connectivity index is 2.05. The van der Waals surface area contributed by atoms with Gasteiger partial charge in [0.05, 0.1) is 12.5 Å². The molecule has 1 saturated heterocycles. The summed E-state index contributed by atoms with van der Waals surface area (Å²) < 4.78 is 26.5. The van der Waals surface area contributed by atoms with E-state index in [1.807, 2.05) is 0 Å². The predicted octanol–water partition coefficient (Wildman–Crippen LogP) is 0.257. The van der Waals surface area contributed by atoms with Crippen molar-refractivity contribution < 1.29 is 18.3 Å². The lowest BCUT2D eigenvalue weighted by Crippen LogP contribution is -2.45. The summed E-state index contributed by atoms with van der Waals surface area (Å²) in [6.45, 7) is 0.740. The standard InChI is InChI=1S/C12H18N2O4S2/c15-7-5-13-12(16)10-3-1-6-14(9-10)20(17,18)11-4-2-8-19-11/h2,4,8,10,15H,1,3,5-7,9H2,(H,13,16). The predicted molar refractivity (Wildman–Crippen MR) is 75.9 cm³/mol. The maximum Gasteiger partial charge on any atom is 0.252 e. The average Bonchev–Trinajstić information content (AvgIpc) is 2.99. The van der Waals surface area contributed by atoms with Gasteiger partial charge in [-0.3, -0.25) is 4.79 Å². The van der Waals surface area contributed by atoms with Crippen molar-refractivity contribution in [2.75, 3.05) is 26.2 Å². The van der Waals surface area contributed by atoms with Crippen molar-refractivity contribution in [3.8, 4) is 0 Å². The highest BCUT2D eigenvalue weighted by Crippen LogP contribution is 2.26. The number of thiophene rings is 1. The van der Waals surface area contributed by atoms with Gasteiger partial charge in [-0.05, 0) is 24.3 Å². The Morgan fingerprint density at radius 1 is 1.55 bits per heavy atom. The summed E-state index contributed by atoms with van der Waals surface area (Å²) in [6.07, 6.45) is 1.34. The van der Waals surface area contributed by atoms with Crippen LogP contribution in [-0.4, -0.2) is 50.0 Å². The molecular formula is C12H18N2O4S2. The maximum absolute atomic E-state index is 12.4. The number of aliphatic hydroxyl groups is 1. The van der Waals surface area contributed by atoms with Crippen LogP contribution >= 0.6 is 11.3 Å². The first-order valence-corrected chi connectivity index (χ1v) is 8.80. The molecule has 0 aromatic carbocycles. The normalized spacial score (nSPS) is 20.8. The summed E-state index contributed by atoms with van der Waals surface area (Å²) in [6, 6.07) is 3.28. The first-order valence-electron chi connectivity index (χ1n) is 6.48. The number of hydrogen-bond acceptors (Lipinski definition) is 5. The van der Waals surface area contributed by atoms with Crippen LogP contribution in [0.5, 0.6) is 0 Å². The summed E-state index contributed by atoms with van der Waals surface area (Å²) in [7, 11) is -3.48. The molecule has 1 atom stereocenters. The van der Waals surface area contributed by atoms with Gasteiger partial charge in [0.2, 0.25) is 5.91 Å². The lowest BCUT2D eigenvalue weighted by molar-refractivity contribution is -0.126. The Kier molecular flexibility index (Phi) is 5.14. The van der Waals surface area contributed by atoms with Crippen LogP contribution in [0.15, 0.2) is 21.7 Å². The lowest BCUT2D eigenvalue weighted by Gasteiger charge is -2.30. The van der Waals surface area contributed by atoms with E-state index in [1.165, 1.54) is 15.6 Å². The van der Waals surface area contributed by atoms with E-state index in [0.717, 1.165) is 0 Å². The molecule has 1 aliphatic rings. The van der Waals surface area contributed by atoms with Gasteiger partial charge in [0.25, 0.3) is 10.0 Å².